The normalized spacial score (nSPS) is 32.9. The van der Waals surface area contributed by atoms with Crippen molar-refractivity contribution in [3.8, 4) is 0 Å². The van der Waals surface area contributed by atoms with Crippen LogP contribution in [-0.2, 0) is 36.7 Å². The molecular formula is C20H24N10O9P2. The van der Waals surface area contributed by atoms with Crippen LogP contribution in [0, 0.1) is 0 Å². The quantitative estimate of drug-likeness (QED) is 0.255. The Morgan fingerprint density at radius 2 is 1.76 bits per heavy atom. The minimum Gasteiger partial charge on any atom is -0.381 e. The van der Waals surface area contributed by atoms with Crippen molar-refractivity contribution in [1.29, 1.82) is 0 Å². The lowest BCUT2D eigenvalue weighted by atomic mass is 10.1. The Balaban J connectivity index is 1.12. The molecule has 3 aliphatic rings. The number of nitrogens with one attached hydrogen (secondary N) is 1. The Labute approximate surface area is 230 Å². The number of hydrogen-bond donors (Lipinski definition) is 3. The second-order valence-corrected chi connectivity index (χ2v) is 11.6. The van der Waals surface area contributed by atoms with E-state index in [2.05, 4.69) is 30.0 Å². The van der Waals surface area contributed by atoms with Crippen LogP contribution in [0.5, 0.6) is 0 Å². The zero-order chi connectivity index (χ0) is 28.2. The van der Waals surface area contributed by atoms with E-state index in [-0.39, 0.29) is 49.0 Å². The molecular weight excluding hydrogens is 586 g/mol. The highest BCUT2D eigenvalue weighted by Gasteiger charge is 2.43. The van der Waals surface area contributed by atoms with Crippen molar-refractivity contribution in [1.82, 2.24) is 39.1 Å². The molecule has 0 aliphatic carbocycles. The van der Waals surface area contributed by atoms with E-state index in [1.807, 2.05) is 0 Å². The van der Waals surface area contributed by atoms with E-state index in [9.17, 15) is 13.9 Å². The molecule has 0 radical (unpaired) electrons. The second kappa shape index (κ2) is 10.5. The summed E-state index contributed by atoms with van der Waals surface area (Å²) in [4.78, 5) is 31.0. The molecule has 7 rings (SSSR count). The van der Waals surface area contributed by atoms with Gasteiger partial charge in [0.2, 0.25) is 5.95 Å². The molecule has 41 heavy (non-hydrogen) atoms. The van der Waals surface area contributed by atoms with Gasteiger partial charge in [0.05, 0.1) is 43.6 Å². The highest BCUT2D eigenvalue weighted by atomic mass is 31.1. The number of rotatable bonds is 2. The van der Waals surface area contributed by atoms with Gasteiger partial charge < -0.3 is 39.0 Å². The zero-order valence-corrected chi connectivity index (χ0v) is 23.0. The van der Waals surface area contributed by atoms with Crippen LogP contribution in [0.15, 0.2) is 23.6 Å². The number of fused-ring (bicyclic) bond motifs is 5. The number of nitrogens with zero attached hydrogens (tertiary/aromatic N) is 7. The maximum atomic E-state index is 13.0. The Kier molecular flexibility index (Phi) is 6.83. The van der Waals surface area contributed by atoms with Gasteiger partial charge in [-0.05, 0) is 0 Å². The number of imidazole rings is 2. The van der Waals surface area contributed by atoms with E-state index in [0.29, 0.717) is 11.3 Å². The van der Waals surface area contributed by atoms with Gasteiger partial charge in [-0.3, -0.25) is 23.5 Å². The molecule has 0 amide bonds. The number of H-pyrrole nitrogens is 1. The molecule has 218 valence electrons. The molecule has 3 fully saturated rings. The first-order valence-electron chi connectivity index (χ1n) is 12.5. The van der Waals surface area contributed by atoms with E-state index in [1.165, 1.54) is 21.7 Å². The Morgan fingerprint density at radius 3 is 2.61 bits per heavy atom. The largest absolute Gasteiger partial charge is 0.381 e. The fourth-order valence-corrected chi connectivity index (χ4v) is 6.89. The fourth-order valence-electron chi connectivity index (χ4n) is 5.18. The number of nitrogen functional groups attached to an aromatic ring is 2. The van der Waals surface area contributed by atoms with Gasteiger partial charge in [-0.15, -0.1) is 0 Å². The predicted octanol–water partition coefficient (Wildman–Crippen LogP) is 0.136. The Hall–Kier alpha value is -3.28. The van der Waals surface area contributed by atoms with E-state index in [4.69, 9.17) is 39.0 Å². The highest BCUT2D eigenvalue weighted by Crippen LogP contribution is 2.44. The van der Waals surface area contributed by atoms with Crippen LogP contribution in [0.1, 0.15) is 30.9 Å². The molecule has 7 heterocycles. The lowest BCUT2D eigenvalue weighted by Gasteiger charge is -2.22. The summed E-state index contributed by atoms with van der Waals surface area (Å²) in [7, 11) is -6.11. The van der Waals surface area contributed by atoms with Gasteiger partial charge in [0.25, 0.3) is 5.56 Å². The number of hydrogen-bond acceptors (Lipinski definition) is 16. The van der Waals surface area contributed by atoms with Crippen LogP contribution in [0.2, 0.25) is 0 Å². The van der Waals surface area contributed by atoms with Crippen molar-refractivity contribution in [2.45, 2.75) is 49.6 Å². The molecule has 3 aliphatic heterocycles. The van der Waals surface area contributed by atoms with Crippen molar-refractivity contribution in [2.24, 2.45) is 0 Å². The summed E-state index contributed by atoms with van der Waals surface area (Å²) < 4.78 is 63.6. The van der Waals surface area contributed by atoms with Crippen molar-refractivity contribution >= 4 is 45.1 Å². The number of aromatic nitrogens is 8. The van der Waals surface area contributed by atoms with Gasteiger partial charge in [0, 0.05) is 12.8 Å². The number of aromatic amines is 1. The summed E-state index contributed by atoms with van der Waals surface area (Å²) >= 11 is 0. The molecule has 8 atom stereocenters. The lowest BCUT2D eigenvalue weighted by molar-refractivity contribution is -0.0502. The molecule has 5 N–H and O–H groups in total. The highest BCUT2D eigenvalue weighted by molar-refractivity contribution is 7.33. The minimum absolute atomic E-state index is 0.0390. The topological polar surface area (TPSA) is 248 Å². The van der Waals surface area contributed by atoms with Gasteiger partial charge in [-0.1, -0.05) is 0 Å². The van der Waals surface area contributed by atoms with Crippen molar-refractivity contribution < 1.29 is 36.7 Å². The maximum absolute atomic E-state index is 13.0. The van der Waals surface area contributed by atoms with Crippen molar-refractivity contribution in [3.05, 3.63) is 34.9 Å². The first-order chi connectivity index (χ1) is 19.8. The third-order valence-corrected chi connectivity index (χ3v) is 8.80. The van der Waals surface area contributed by atoms with Crippen LogP contribution in [0.25, 0.3) is 16.8 Å². The molecule has 2 unspecified atom stereocenters. The summed E-state index contributed by atoms with van der Waals surface area (Å²) in [6.07, 6.45) is 0.275. The summed E-state index contributed by atoms with van der Waals surface area (Å²) in [5, 5.41) is 4.19. The number of nitrogens with two attached hydrogens (primary N) is 2. The molecule has 0 spiro atoms. The average Bonchev–Trinajstić information content (AvgIpc) is 3.71. The van der Waals surface area contributed by atoms with Crippen LogP contribution in [0.4, 0.5) is 11.8 Å². The molecule has 4 aromatic heterocycles. The van der Waals surface area contributed by atoms with E-state index in [1.54, 1.807) is 6.20 Å². The third kappa shape index (κ3) is 4.93. The summed E-state index contributed by atoms with van der Waals surface area (Å²) in [5.41, 5.74) is 12.2. The second-order valence-electron chi connectivity index (χ2n) is 9.56. The predicted molar refractivity (Wildman–Crippen MR) is 138 cm³/mol. The van der Waals surface area contributed by atoms with Gasteiger partial charge in [-0.2, -0.15) is 10.1 Å². The smallest absolute Gasteiger partial charge is 0.319 e. The van der Waals surface area contributed by atoms with Crippen molar-refractivity contribution in [2.75, 3.05) is 24.7 Å². The van der Waals surface area contributed by atoms with Crippen LogP contribution < -0.4 is 17.0 Å². The van der Waals surface area contributed by atoms with Crippen LogP contribution >= 0.6 is 16.5 Å². The SMILES string of the molecule is Nc1nc2c(ncn2[C@@H]2O[C@@H]3CO[PH](=O)O[C@H]4C[C@H](c5cnc6c(N)ncnn56)O[C@@H]4CO[PH](=O)O[C@@H]2C3)c(=O)[nH]1. The van der Waals surface area contributed by atoms with Gasteiger partial charge in [0.15, 0.2) is 28.9 Å². The fraction of sp³-hybridized carbons (Fsp3) is 0.500. The maximum Gasteiger partial charge on any atom is 0.319 e. The molecule has 4 aromatic rings. The van der Waals surface area contributed by atoms with E-state index < -0.39 is 58.8 Å². The standard InChI is InChI=1S/C20H24N10O9P2/c21-15-17-23-3-9(30(17)26-6-24-15)10-2-11-13(37-10)5-35-41(33)39-12-1-8(4-34-40(32)38-11)36-19(12)29-7-25-14-16(29)27-20(22)28-18(14)31/h3,6-8,10-13,19,40-41H,1-2,4-5H2,(H2,21,24,26)(H3,22,27,28,31)/t8-,10+,11-,12+,13+,19+/m0/s1. The molecule has 3 saturated heterocycles. The van der Waals surface area contributed by atoms with E-state index >= 15 is 0 Å². The van der Waals surface area contributed by atoms with E-state index in [0.717, 1.165) is 0 Å². The lowest BCUT2D eigenvalue weighted by Crippen LogP contribution is -2.27. The molecule has 21 heteroatoms. The molecule has 0 aromatic carbocycles. The summed E-state index contributed by atoms with van der Waals surface area (Å²) in [5.74, 6) is 0.0872. The summed E-state index contributed by atoms with van der Waals surface area (Å²) in [6, 6.07) is 0. The Bertz CT molecular complexity index is 1730. The van der Waals surface area contributed by atoms with Gasteiger partial charge >= 0.3 is 16.5 Å². The number of ether oxygens (including phenoxy) is 2. The van der Waals surface area contributed by atoms with Crippen LogP contribution in [0.3, 0.4) is 0 Å². The van der Waals surface area contributed by atoms with Gasteiger partial charge in [-0.25, -0.2) is 19.5 Å². The van der Waals surface area contributed by atoms with Crippen molar-refractivity contribution in [3.63, 3.8) is 0 Å². The minimum atomic E-state index is -3.09. The molecule has 2 bridgehead atoms. The van der Waals surface area contributed by atoms with Crippen LogP contribution in [-0.4, -0.2) is 76.7 Å². The average molecular weight is 610 g/mol. The molecule has 0 saturated carbocycles. The zero-order valence-electron chi connectivity index (χ0n) is 21.0. The number of anilines is 2. The third-order valence-electron chi connectivity index (χ3n) is 7.00. The Morgan fingerprint density at radius 1 is 0.951 bits per heavy atom. The monoisotopic (exact) mass is 610 g/mol. The first kappa shape index (κ1) is 26.6. The molecule has 19 nitrogen and oxygen atoms in total. The van der Waals surface area contributed by atoms with Gasteiger partial charge in [0.1, 0.15) is 24.6 Å². The summed E-state index contributed by atoms with van der Waals surface area (Å²) in [6.45, 7) is -0.297. The first-order valence-corrected chi connectivity index (χ1v) is 14.9.